The lowest BCUT2D eigenvalue weighted by Gasteiger charge is -2.42. The summed E-state index contributed by atoms with van der Waals surface area (Å²) in [4.78, 5) is 106. The molecule has 0 N–H and O–H groups in total. The molecule has 0 radical (unpaired) electrons. The topological polar surface area (TPSA) is 201 Å². The quantitative estimate of drug-likeness (QED) is 0.199. The molecular formula is C41H52O15. The summed E-state index contributed by atoms with van der Waals surface area (Å²) < 4.78 is 41.1. The Kier molecular flexibility index (Phi) is 14.5. The van der Waals surface area contributed by atoms with Crippen molar-refractivity contribution >= 4 is 47.6 Å². The second-order valence-electron chi connectivity index (χ2n) is 15.2. The maximum atomic E-state index is 15.0. The minimum Gasteiger partial charge on any atom is -0.462 e. The zero-order valence-corrected chi connectivity index (χ0v) is 33.5. The van der Waals surface area contributed by atoms with E-state index in [-0.39, 0.29) is 17.6 Å². The Hall–Kier alpha value is -5.34. The highest BCUT2D eigenvalue weighted by molar-refractivity contribution is 5.93. The Labute approximate surface area is 326 Å². The number of Topliss-reactive ketones (excluding diaryl/α,β-unsaturated/α-hetero) is 1. The fourth-order valence-corrected chi connectivity index (χ4v) is 7.72. The van der Waals surface area contributed by atoms with Crippen LogP contribution < -0.4 is 0 Å². The second-order valence-corrected chi connectivity index (χ2v) is 15.2. The molecule has 9 unspecified atom stereocenters. The highest BCUT2D eigenvalue weighted by atomic mass is 16.6. The average molecular weight is 785 g/mol. The monoisotopic (exact) mass is 784 g/mol. The van der Waals surface area contributed by atoms with Crippen LogP contribution >= 0.6 is 0 Å². The minimum atomic E-state index is -2.28. The lowest BCUT2D eigenvalue weighted by atomic mass is 9.73. The highest BCUT2D eigenvalue weighted by Crippen LogP contribution is 2.54. The number of ketones is 1. The molecule has 3 rings (SSSR count). The van der Waals surface area contributed by atoms with Crippen molar-refractivity contribution in [1.82, 2.24) is 0 Å². The summed E-state index contributed by atoms with van der Waals surface area (Å²) in [5, 5.41) is 0. The van der Waals surface area contributed by atoms with E-state index in [1.165, 1.54) is 19.1 Å². The van der Waals surface area contributed by atoms with Crippen molar-refractivity contribution in [2.75, 3.05) is 0 Å². The van der Waals surface area contributed by atoms with E-state index < -0.39 is 119 Å². The van der Waals surface area contributed by atoms with Crippen LogP contribution in [0.2, 0.25) is 0 Å². The number of rotatable bonds is 8. The number of hydrogen-bond acceptors (Lipinski definition) is 15. The van der Waals surface area contributed by atoms with E-state index in [1.807, 2.05) is 0 Å². The van der Waals surface area contributed by atoms with Crippen LogP contribution in [-0.2, 0) is 66.7 Å². The van der Waals surface area contributed by atoms with E-state index in [0.717, 1.165) is 41.5 Å². The molecule has 1 aromatic rings. The van der Waals surface area contributed by atoms with Crippen molar-refractivity contribution in [3.05, 3.63) is 60.2 Å². The fraction of sp³-hybridized carbons (Fsp3) is 0.561. The largest absolute Gasteiger partial charge is 0.462 e. The van der Waals surface area contributed by atoms with Gasteiger partial charge in [0.1, 0.15) is 6.10 Å². The number of esters is 7. The molecule has 0 aromatic heterocycles. The van der Waals surface area contributed by atoms with Crippen molar-refractivity contribution in [2.24, 2.45) is 17.3 Å². The van der Waals surface area contributed by atoms with Gasteiger partial charge in [-0.15, -0.1) is 0 Å². The molecule has 1 saturated carbocycles. The van der Waals surface area contributed by atoms with Crippen molar-refractivity contribution in [2.45, 2.75) is 130 Å². The second kappa shape index (κ2) is 18.1. The number of fused-ring (bicyclic) bond motifs is 1. The van der Waals surface area contributed by atoms with Crippen LogP contribution in [0, 0.1) is 17.3 Å². The predicted molar refractivity (Wildman–Crippen MR) is 196 cm³/mol. The summed E-state index contributed by atoms with van der Waals surface area (Å²) in [6.07, 6.45) is -5.42. The summed E-state index contributed by atoms with van der Waals surface area (Å²) in [5.41, 5.74) is -5.30. The Balaban J connectivity index is 2.47. The molecular weight excluding hydrogens is 732 g/mol. The van der Waals surface area contributed by atoms with Gasteiger partial charge in [-0.25, -0.2) is 4.79 Å². The van der Waals surface area contributed by atoms with Crippen LogP contribution in [0.15, 0.2) is 54.6 Å². The zero-order valence-electron chi connectivity index (χ0n) is 33.5. The van der Waals surface area contributed by atoms with Gasteiger partial charge in [0.15, 0.2) is 41.4 Å². The van der Waals surface area contributed by atoms with Gasteiger partial charge in [-0.2, -0.15) is 0 Å². The third kappa shape index (κ3) is 10.7. The third-order valence-corrected chi connectivity index (χ3v) is 9.74. The molecule has 15 heteroatoms. The Morgan fingerprint density at radius 2 is 1.23 bits per heavy atom. The molecule has 0 spiro atoms. The lowest BCUT2D eigenvalue weighted by Crippen LogP contribution is -2.56. The molecule has 1 fully saturated rings. The van der Waals surface area contributed by atoms with Crippen molar-refractivity contribution < 1.29 is 71.5 Å². The van der Waals surface area contributed by atoms with Crippen molar-refractivity contribution in [3.8, 4) is 0 Å². The van der Waals surface area contributed by atoms with Crippen molar-refractivity contribution in [3.63, 3.8) is 0 Å². The van der Waals surface area contributed by atoms with Crippen LogP contribution in [-0.4, -0.2) is 89.3 Å². The van der Waals surface area contributed by atoms with Gasteiger partial charge >= 0.3 is 41.8 Å². The molecule has 56 heavy (non-hydrogen) atoms. The minimum absolute atomic E-state index is 0.0000854. The van der Waals surface area contributed by atoms with E-state index in [4.69, 9.17) is 33.2 Å². The van der Waals surface area contributed by atoms with Gasteiger partial charge in [-0.3, -0.25) is 33.6 Å². The molecule has 1 aromatic carbocycles. The van der Waals surface area contributed by atoms with Gasteiger partial charge in [-0.05, 0) is 31.1 Å². The molecule has 0 aliphatic heterocycles. The summed E-state index contributed by atoms with van der Waals surface area (Å²) in [6, 6.07) is 7.87. The maximum absolute atomic E-state index is 15.0. The molecule has 0 amide bonds. The van der Waals surface area contributed by atoms with Crippen LogP contribution in [0.3, 0.4) is 0 Å². The SMILES string of the molecule is C=C1CC(OC(C)=O)C2C(OC(C)=O)C(C)(OC(=O)c3ccccc3)CC2(OC(C)=O)C(=O)C(C)CC=CC(C)(C)C(OC(C)=O)C(OC(C)=O)C1OC(C)=O. The van der Waals surface area contributed by atoms with E-state index in [9.17, 15) is 33.6 Å². The van der Waals surface area contributed by atoms with E-state index in [0.29, 0.717) is 0 Å². The molecule has 2 aliphatic rings. The molecule has 0 saturated heterocycles. The number of benzene rings is 1. The number of hydrogen-bond donors (Lipinski definition) is 0. The van der Waals surface area contributed by atoms with E-state index in [2.05, 4.69) is 6.58 Å². The zero-order chi connectivity index (χ0) is 42.3. The Morgan fingerprint density at radius 1 is 0.696 bits per heavy atom. The van der Waals surface area contributed by atoms with Gasteiger partial charge in [-0.1, -0.05) is 57.7 Å². The number of ether oxygens (including phenoxy) is 7. The van der Waals surface area contributed by atoms with Gasteiger partial charge in [0, 0.05) is 65.7 Å². The van der Waals surface area contributed by atoms with Crippen LogP contribution in [0.5, 0.6) is 0 Å². The van der Waals surface area contributed by atoms with Gasteiger partial charge in [0.2, 0.25) is 0 Å². The lowest BCUT2D eigenvalue weighted by molar-refractivity contribution is -0.192. The normalized spacial score (nSPS) is 30.4. The predicted octanol–water partition coefficient (Wildman–Crippen LogP) is 4.72. The standard InChI is InChI=1S/C41H52O15/c1-22-16-15-19-39(9,10)37(54-28(7)46)34(52-26(5)44)33(51-25(4)43)23(2)20-31(50-24(3)42)32-36(53-27(6)45)40(11,21-41(32,35(22)48)55-29(8)47)56-38(49)30-17-13-12-14-18-30/h12-15,17-19,22,31-34,36-37H,2,16,20-21H2,1,3-11H3. The highest BCUT2D eigenvalue weighted by Gasteiger charge is 2.71. The first kappa shape index (κ1) is 45.1. The van der Waals surface area contributed by atoms with E-state index >= 15 is 4.79 Å². The summed E-state index contributed by atoms with van der Waals surface area (Å²) in [5.74, 6) is -9.21. The van der Waals surface area contributed by atoms with Gasteiger partial charge in [0.05, 0.1) is 11.5 Å². The molecule has 0 heterocycles. The molecule has 9 atom stereocenters. The molecule has 306 valence electrons. The fourth-order valence-electron chi connectivity index (χ4n) is 7.72. The maximum Gasteiger partial charge on any atom is 0.338 e. The number of carbonyl (C=O) groups excluding carboxylic acids is 8. The van der Waals surface area contributed by atoms with Crippen LogP contribution in [0.1, 0.15) is 98.9 Å². The Morgan fingerprint density at radius 3 is 1.75 bits per heavy atom. The first-order valence-electron chi connectivity index (χ1n) is 18.2. The average Bonchev–Trinajstić information content (AvgIpc) is 3.29. The van der Waals surface area contributed by atoms with E-state index in [1.54, 1.807) is 51.1 Å². The summed E-state index contributed by atoms with van der Waals surface area (Å²) >= 11 is 0. The summed E-state index contributed by atoms with van der Waals surface area (Å²) in [7, 11) is 0. The van der Waals surface area contributed by atoms with Crippen LogP contribution in [0.25, 0.3) is 0 Å². The van der Waals surface area contributed by atoms with Crippen LogP contribution in [0.4, 0.5) is 0 Å². The first-order valence-corrected chi connectivity index (χ1v) is 18.2. The first-order chi connectivity index (χ1) is 25.9. The van der Waals surface area contributed by atoms with Gasteiger partial charge in [0.25, 0.3) is 0 Å². The number of carbonyl (C=O) groups is 8. The molecule has 2 aliphatic carbocycles. The number of allylic oxidation sites excluding steroid dienone is 1. The summed E-state index contributed by atoms with van der Waals surface area (Å²) in [6.45, 7) is 17.0. The molecule has 15 nitrogen and oxygen atoms in total. The third-order valence-electron chi connectivity index (χ3n) is 9.74. The smallest absolute Gasteiger partial charge is 0.338 e. The Bertz CT molecular complexity index is 1750. The van der Waals surface area contributed by atoms with Crippen molar-refractivity contribution in [1.29, 1.82) is 0 Å². The van der Waals surface area contributed by atoms with Gasteiger partial charge < -0.3 is 33.2 Å². The molecule has 0 bridgehead atoms.